The van der Waals surface area contributed by atoms with Crippen molar-refractivity contribution < 1.29 is 0 Å². The fourth-order valence-electron chi connectivity index (χ4n) is 1.14. The van der Waals surface area contributed by atoms with Crippen LogP contribution in [0.15, 0.2) is 0 Å². The third-order valence-corrected chi connectivity index (χ3v) is 4.65. The van der Waals surface area contributed by atoms with Gasteiger partial charge in [0.2, 0.25) is 0 Å². The molecule has 0 nitrogen and oxygen atoms in total. The maximum Gasteiger partial charge on any atom is 0.00369 e. The second-order valence-electron chi connectivity index (χ2n) is 3.41. The van der Waals surface area contributed by atoms with Crippen LogP contribution in [0.3, 0.4) is 0 Å². The highest BCUT2D eigenvalue weighted by atomic mass is 33.1. The minimum absolute atomic E-state index is 1.31. The minimum atomic E-state index is 1.31. The van der Waals surface area contributed by atoms with Gasteiger partial charge in [-0.2, -0.15) is 0 Å². The van der Waals surface area contributed by atoms with E-state index in [9.17, 15) is 0 Å². The molecule has 0 aromatic rings. The van der Waals surface area contributed by atoms with Gasteiger partial charge in [0, 0.05) is 11.5 Å². The van der Waals surface area contributed by atoms with Crippen molar-refractivity contribution >= 4 is 21.6 Å². The van der Waals surface area contributed by atoms with Crippen LogP contribution in [0.5, 0.6) is 0 Å². The van der Waals surface area contributed by atoms with Gasteiger partial charge in [-0.15, -0.1) is 0 Å². The SMILES string of the molecule is CCCCCCCCSSCCC. The molecule has 0 unspecified atom stereocenters. The number of hydrogen-bond donors (Lipinski definition) is 0. The Morgan fingerprint density at radius 3 is 1.92 bits per heavy atom. The maximum atomic E-state index is 2.28. The summed E-state index contributed by atoms with van der Waals surface area (Å²) in [6.07, 6.45) is 9.87. The normalized spacial score (nSPS) is 10.6. The summed E-state index contributed by atoms with van der Waals surface area (Å²) in [5, 5.41) is 0. The molecule has 0 atom stereocenters. The highest BCUT2D eigenvalue weighted by molar-refractivity contribution is 8.76. The van der Waals surface area contributed by atoms with Gasteiger partial charge >= 0.3 is 0 Å². The van der Waals surface area contributed by atoms with Crippen molar-refractivity contribution in [1.82, 2.24) is 0 Å². The van der Waals surface area contributed by atoms with Gasteiger partial charge in [0.1, 0.15) is 0 Å². The molecule has 0 saturated heterocycles. The molecule has 0 aliphatic heterocycles. The van der Waals surface area contributed by atoms with Crippen LogP contribution in [0.4, 0.5) is 0 Å². The topological polar surface area (TPSA) is 0 Å². The molecule has 0 aliphatic carbocycles. The Kier molecular flexibility index (Phi) is 13.4. The molecule has 2 heteroatoms. The second-order valence-corrected chi connectivity index (χ2v) is 6.11. The summed E-state index contributed by atoms with van der Waals surface area (Å²) >= 11 is 0. The van der Waals surface area contributed by atoms with Crippen molar-refractivity contribution in [2.24, 2.45) is 0 Å². The fraction of sp³-hybridized carbons (Fsp3) is 1.00. The number of hydrogen-bond acceptors (Lipinski definition) is 2. The zero-order chi connectivity index (χ0) is 9.78. The second kappa shape index (κ2) is 12.7. The lowest BCUT2D eigenvalue weighted by molar-refractivity contribution is 0.627. The summed E-state index contributed by atoms with van der Waals surface area (Å²) < 4.78 is 0. The van der Waals surface area contributed by atoms with Crippen molar-refractivity contribution in [3.63, 3.8) is 0 Å². The largest absolute Gasteiger partial charge is 0.0942 e. The first kappa shape index (κ1) is 13.7. The van der Waals surface area contributed by atoms with Crippen LogP contribution in [0.2, 0.25) is 0 Å². The molecule has 0 bridgehead atoms. The Morgan fingerprint density at radius 1 is 0.615 bits per heavy atom. The van der Waals surface area contributed by atoms with E-state index in [2.05, 4.69) is 24.6 Å². The summed E-state index contributed by atoms with van der Waals surface area (Å²) in [5.41, 5.74) is 0. The zero-order valence-corrected chi connectivity index (χ0v) is 10.8. The Balaban J connectivity index is 2.76. The molecule has 0 rings (SSSR count). The van der Waals surface area contributed by atoms with E-state index in [0.717, 1.165) is 0 Å². The van der Waals surface area contributed by atoms with Crippen molar-refractivity contribution in [2.75, 3.05) is 11.5 Å². The Labute approximate surface area is 92.0 Å². The van der Waals surface area contributed by atoms with E-state index in [4.69, 9.17) is 0 Å². The van der Waals surface area contributed by atoms with Crippen LogP contribution in [0, 0.1) is 0 Å². The molecule has 0 radical (unpaired) electrons. The molecule has 0 fully saturated rings. The van der Waals surface area contributed by atoms with Crippen LogP contribution in [-0.4, -0.2) is 11.5 Å². The van der Waals surface area contributed by atoms with Gasteiger partial charge < -0.3 is 0 Å². The van der Waals surface area contributed by atoms with Gasteiger partial charge in [-0.25, -0.2) is 0 Å². The first-order valence-electron chi connectivity index (χ1n) is 5.66. The third kappa shape index (κ3) is 12.7. The van der Waals surface area contributed by atoms with Gasteiger partial charge in [0.05, 0.1) is 0 Å². The Bertz CT molecular complexity index is 74.2. The van der Waals surface area contributed by atoms with Crippen molar-refractivity contribution in [1.29, 1.82) is 0 Å². The molecule has 0 N–H and O–H groups in total. The smallest absolute Gasteiger partial charge is 0.00369 e. The van der Waals surface area contributed by atoms with E-state index in [0.29, 0.717) is 0 Å². The van der Waals surface area contributed by atoms with Crippen molar-refractivity contribution in [2.45, 2.75) is 58.8 Å². The molecular weight excluding hydrogens is 196 g/mol. The fourth-order valence-corrected chi connectivity index (χ4v) is 3.43. The Morgan fingerprint density at radius 2 is 1.23 bits per heavy atom. The van der Waals surface area contributed by atoms with Gasteiger partial charge in [0.15, 0.2) is 0 Å². The van der Waals surface area contributed by atoms with Crippen LogP contribution < -0.4 is 0 Å². The van der Waals surface area contributed by atoms with Crippen LogP contribution in [0.25, 0.3) is 0 Å². The van der Waals surface area contributed by atoms with E-state index in [1.807, 2.05) is 10.8 Å². The summed E-state index contributed by atoms with van der Waals surface area (Å²) in [5.74, 6) is 2.68. The summed E-state index contributed by atoms with van der Waals surface area (Å²) in [4.78, 5) is 0. The third-order valence-electron chi connectivity index (χ3n) is 1.95. The summed E-state index contributed by atoms with van der Waals surface area (Å²) in [6, 6.07) is 0. The van der Waals surface area contributed by atoms with Gasteiger partial charge in [-0.3, -0.25) is 0 Å². The van der Waals surface area contributed by atoms with E-state index in [1.54, 1.807) is 0 Å². The molecule has 13 heavy (non-hydrogen) atoms. The molecule has 0 heterocycles. The molecule has 0 aromatic heterocycles. The highest BCUT2D eigenvalue weighted by Gasteiger charge is 1.91. The lowest BCUT2D eigenvalue weighted by Crippen LogP contribution is -1.81. The molecule has 0 aliphatic rings. The average molecular weight is 220 g/mol. The molecule has 0 saturated carbocycles. The first-order chi connectivity index (χ1) is 6.41. The molecule has 0 aromatic carbocycles. The van der Waals surface area contributed by atoms with E-state index in [-0.39, 0.29) is 0 Å². The van der Waals surface area contributed by atoms with Crippen LogP contribution in [-0.2, 0) is 0 Å². The maximum absolute atomic E-state index is 2.28. The average Bonchev–Trinajstić information content (AvgIpc) is 2.16. The highest BCUT2D eigenvalue weighted by Crippen LogP contribution is 2.23. The molecule has 80 valence electrons. The number of unbranched alkanes of at least 4 members (excludes halogenated alkanes) is 5. The van der Waals surface area contributed by atoms with E-state index < -0.39 is 0 Å². The number of rotatable bonds is 10. The standard InChI is InChI=1S/C11H24S2/c1-3-5-6-7-8-9-11-13-12-10-4-2/h3-11H2,1-2H3. The molecular formula is C11H24S2. The quantitative estimate of drug-likeness (QED) is 0.369. The predicted octanol–water partition coefficient (Wildman–Crippen LogP) is 5.14. The lowest BCUT2D eigenvalue weighted by atomic mass is 10.1. The molecule has 0 amide bonds. The van der Waals surface area contributed by atoms with Crippen molar-refractivity contribution in [3.8, 4) is 0 Å². The van der Waals surface area contributed by atoms with E-state index >= 15 is 0 Å². The molecule has 0 spiro atoms. The first-order valence-corrected chi connectivity index (χ1v) is 8.15. The Hall–Kier alpha value is 0.700. The van der Waals surface area contributed by atoms with E-state index in [1.165, 1.54) is 56.5 Å². The lowest BCUT2D eigenvalue weighted by Gasteiger charge is -2.00. The monoisotopic (exact) mass is 220 g/mol. The predicted molar refractivity (Wildman–Crippen MR) is 68.6 cm³/mol. The van der Waals surface area contributed by atoms with Gasteiger partial charge in [0.25, 0.3) is 0 Å². The minimum Gasteiger partial charge on any atom is -0.0942 e. The summed E-state index contributed by atoms with van der Waals surface area (Å²) in [6.45, 7) is 4.52. The summed E-state index contributed by atoms with van der Waals surface area (Å²) in [7, 11) is 4.10. The van der Waals surface area contributed by atoms with Crippen molar-refractivity contribution in [3.05, 3.63) is 0 Å². The van der Waals surface area contributed by atoms with Gasteiger partial charge in [-0.1, -0.05) is 67.5 Å². The van der Waals surface area contributed by atoms with Gasteiger partial charge in [-0.05, 0) is 12.8 Å². The zero-order valence-electron chi connectivity index (χ0n) is 9.18. The van der Waals surface area contributed by atoms with Crippen LogP contribution in [0.1, 0.15) is 58.8 Å². The van der Waals surface area contributed by atoms with Crippen LogP contribution >= 0.6 is 21.6 Å².